The molecule has 2 heterocycles. The van der Waals surface area contributed by atoms with E-state index in [0.717, 1.165) is 32.0 Å². The van der Waals surface area contributed by atoms with Crippen LogP contribution in [-0.2, 0) is 11.2 Å². The van der Waals surface area contributed by atoms with Crippen LogP contribution in [0.3, 0.4) is 0 Å². The van der Waals surface area contributed by atoms with Gasteiger partial charge < -0.3 is 9.72 Å². The summed E-state index contributed by atoms with van der Waals surface area (Å²) in [5.74, 6) is 0. The van der Waals surface area contributed by atoms with Gasteiger partial charge in [-0.1, -0.05) is 37.6 Å². The summed E-state index contributed by atoms with van der Waals surface area (Å²) in [5.41, 5.74) is 6.44. The third kappa shape index (κ3) is 2.66. The number of H-pyrrole nitrogens is 1. The zero-order chi connectivity index (χ0) is 16.5. The molecule has 0 saturated carbocycles. The highest BCUT2D eigenvalue weighted by molar-refractivity contribution is 7.98. The lowest BCUT2D eigenvalue weighted by molar-refractivity contribution is 0.140. The quantitative estimate of drug-likeness (QED) is 0.608. The molecule has 0 amide bonds. The lowest BCUT2D eigenvalue weighted by Gasteiger charge is -2.22. The maximum atomic E-state index is 5.93. The number of aromatic nitrogens is 1. The molecule has 0 atom stereocenters. The van der Waals surface area contributed by atoms with Crippen LogP contribution in [-0.4, -0.2) is 17.8 Å². The van der Waals surface area contributed by atoms with Gasteiger partial charge >= 0.3 is 0 Å². The number of benzene rings is 2. The Morgan fingerprint density at radius 2 is 1.96 bits per heavy atom. The summed E-state index contributed by atoms with van der Waals surface area (Å²) in [6, 6.07) is 15.4. The highest BCUT2D eigenvalue weighted by Crippen LogP contribution is 2.39. The van der Waals surface area contributed by atoms with E-state index >= 15 is 0 Å². The first-order chi connectivity index (χ1) is 11.8. The van der Waals surface area contributed by atoms with E-state index in [1.54, 1.807) is 11.8 Å². The maximum absolute atomic E-state index is 5.93. The van der Waals surface area contributed by atoms with Crippen molar-refractivity contribution < 1.29 is 4.74 Å². The molecule has 0 fully saturated rings. The second kappa shape index (κ2) is 6.66. The topological polar surface area (TPSA) is 25.0 Å². The molecule has 24 heavy (non-hydrogen) atoms. The van der Waals surface area contributed by atoms with E-state index in [2.05, 4.69) is 60.6 Å². The molecular weight excluding hydrogens is 314 g/mol. The molecule has 0 spiro atoms. The fraction of sp³-hybridized carbons (Fsp3) is 0.286. The molecular formula is C21H22NOS. The normalized spacial score (nSPS) is 14.9. The average molecular weight is 336 g/mol. The lowest BCUT2D eigenvalue weighted by Crippen LogP contribution is -2.16. The summed E-state index contributed by atoms with van der Waals surface area (Å²) in [4.78, 5) is 4.92. The first-order valence-corrected chi connectivity index (χ1v) is 9.81. The predicted molar refractivity (Wildman–Crippen MR) is 102 cm³/mol. The lowest BCUT2D eigenvalue weighted by atomic mass is 9.94. The first-order valence-electron chi connectivity index (χ1n) is 8.58. The Labute approximate surface area is 147 Å². The number of thioether (sulfide) groups is 1. The summed E-state index contributed by atoms with van der Waals surface area (Å²) in [6.07, 6.45) is 6.31. The van der Waals surface area contributed by atoms with Gasteiger partial charge in [0.2, 0.25) is 0 Å². The predicted octanol–water partition coefficient (Wildman–Crippen LogP) is 5.81. The van der Waals surface area contributed by atoms with Crippen molar-refractivity contribution >= 4 is 22.7 Å². The van der Waals surface area contributed by atoms with Crippen molar-refractivity contribution in [3.05, 3.63) is 59.8 Å². The van der Waals surface area contributed by atoms with Crippen molar-refractivity contribution in [2.45, 2.75) is 31.1 Å². The summed E-state index contributed by atoms with van der Waals surface area (Å²) in [6.45, 7) is 2.99. The van der Waals surface area contributed by atoms with Gasteiger partial charge in [0.1, 0.15) is 6.10 Å². The van der Waals surface area contributed by atoms with E-state index in [-0.39, 0.29) is 0 Å². The molecule has 1 radical (unpaired) electrons. The molecule has 0 bridgehead atoms. The van der Waals surface area contributed by atoms with E-state index < -0.39 is 0 Å². The fourth-order valence-corrected chi connectivity index (χ4v) is 4.00. The third-order valence-electron chi connectivity index (χ3n) is 4.71. The largest absolute Gasteiger partial charge is 0.365 e. The Bertz CT molecular complexity index is 850. The van der Waals surface area contributed by atoms with Gasteiger partial charge in [0, 0.05) is 15.8 Å². The Kier molecular flexibility index (Phi) is 4.38. The minimum absolute atomic E-state index is 0.787. The number of nitrogens with one attached hydrogen (secondary N) is 1. The van der Waals surface area contributed by atoms with Gasteiger partial charge in [-0.2, -0.15) is 0 Å². The van der Waals surface area contributed by atoms with Gasteiger partial charge in [-0.15, -0.1) is 11.8 Å². The molecule has 123 valence electrons. The van der Waals surface area contributed by atoms with Crippen LogP contribution < -0.4 is 0 Å². The van der Waals surface area contributed by atoms with Crippen molar-refractivity contribution in [2.24, 2.45) is 0 Å². The zero-order valence-corrected chi connectivity index (χ0v) is 15.0. The number of rotatable bonds is 4. The smallest absolute Gasteiger partial charge is 0.142 e. The van der Waals surface area contributed by atoms with E-state index in [1.165, 1.54) is 38.2 Å². The molecule has 1 aliphatic heterocycles. The van der Waals surface area contributed by atoms with Crippen LogP contribution in [0.5, 0.6) is 0 Å². The fourth-order valence-electron chi connectivity index (χ4n) is 3.59. The van der Waals surface area contributed by atoms with Gasteiger partial charge in [0.05, 0.1) is 12.3 Å². The van der Waals surface area contributed by atoms with Gasteiger partial charge in [0.15, 0.2) is 0 Å². The van der Waals surface area contributed by atoms with E-state index in [4.69, 9.17) is 4.74 Å². The van der Waals surface area contributed by atoms with Gasteiger partial charge in [-0.3, -0.25) is 0 Å². The standard InChI is InChI=1S/C21H22NOS/c1-3-5-19-21-17(12-13-23-19)20-16(6-4-7-18(20)22-21)14-8-10-15(24-2)11-9-14/h4,6-11,22H,3,5,12-13H2,1-2H3. The van der Waals surface area contributed by atoms with Crippen molar-refractivity contribution in [3.8, 4) is 11.1 Å². The molecule has 1 N–H and O–H groups in total. The zero-order valence-electron chi connectivity index (χ0n) is 14.2. The first kappa shape index (κ1) is 15.8. The molecule has 1 aromatic heterocycles. The summed E-state index contributed by atoms with van der Waals surface area (Å²) in [5, 5.41) is 1.36. The second-order valence-corrected chi connectivity index (χ2v) is 7.09. The van der Waals surface area contributed by atoms with Crippen LogP contribution in [0.2, 0.25) is 0 Å². The van der Waals surface area contributed by atoms with E-state index in [9.17, 15) is 0 Å². The van der Waals surface area contributed by atoms with Crippen molar-refractivity contribution in [2.75, 3.05) is 12.9 Å². The Morgan fingerprint density at radius 3 is 2.71 bits per heavy atom. The number of ether oxygens (including phenoxy) is 1. The van der Waals surface area contributed by atoms with Crippen molar-refractivity contribution in [1.82, 2.24) is 4.98 Å². The molecule has 2 aromatic carbocycles. The molecule has 0 aliphatic carbocycles. The van der Waals surface area contributed by atoms with E-state index in [1.807, 2.05) is 0 Å². The number of hydrogen-bond acceptors (Lipinski definition) is 2. The molecule has 2 nitrogen and oxygen atoms in total. The van der Waals surface area contributed by atoms with Gasteiger partial charge in [-0.25, -0.2) is 0 Å². The second-order valence-electron chi connectivity index (χ2n) is 6.21. The van der Waals surface area contributed by atoms with Crippen LogP contribution in [0.25, 0.3) is 22.0 Å². The minimum Gasteiger partial charge on any atom is -0.365 e. The van der Waals surface area contributed by atoms with Crippen molar-refractivity contribution in [1.29, 1.82) is 0 Å². The average Bonchev–Trinajstić information content (AvgIpc) is 3.02. The molecule has 0 unspecified atom stereocenters. The van der Waals surface area contributed by atoms with Crippen LogP contribution in [0.1, 0.15) is 31.0 Å². The summed E-state index contributed by atoms with van der Waals surface area (Å²) < 4.78 is 5.93. The highest BCUT2D eigenvalue weighted by Gasteiger charge is 2.26. The maximum Gasteiger partial charge on any atom is 0.142 e. The third-order valence-corrected chi connectivity index (χ3v) is 5.46. The van der Waals surface area contributed by atoms with Crippen LogP contribution in [0, 0.1) is 6.10 Å². The van der Waals surface area contributed by atoms with Gasteiger partial charge in [-0.05, 0) is 54.0 Å². The SMILES string of the molecule is CCC[C]1OCCc2c1[nH]c1cccc(-c3ccc(SC)cc3)c21. The van der Waals surface area contributed by atoms with Crippen molar-refractivity contribution in [3.63, 3.8) is 0 Å². The Balaban J connectivity index is 1.87. The van der Waals surface area contributed by atoms with Crippen LogP contribution in [0.4, 0.5) is 0 Å². The number of hydrogen-bond donors (Lipinski definition) is 1. The minimum atomic E-state index is 0.787. The number of fused-ring (bicyclic) bond motifs is 3. The molecule has 4 rings (SSSR count). The molecule has 3 aromatic rings. The number of aromatic amines is 1. The van der Waals surface area contributed by atoms with Gasteiger partial charge in [0.25, 0.3) is 0 Å². The summed E-state index contributed by atoms with van der Waals surface area (Å²) in [7, 11) is 0. The van der Waals surface area contributed by atoms with E-state index in [0.29, 0.717) is 0 Å². The highest BCUT2D eigenvalue weighted by atomic mass is 32.2. The van der Waals surface area contributed by atoms with Crippen LogP contribution >= 0.6 is 11.8 Å². The monoisotopic (exact) mass is 336 g/mol. The van der Waals surface area contributed by atoms with Crippen LogP contribution in [0.15, 0.2) is 47.4 Å². The molecule has 3 heteroatoms. The molecule has 0 saturated heterocycles. The summed E-state index contributed by atoms with van der Waals surface area (Å²) >= 11 is 1.78. The Hall–Kier alpha value is -1.71. The Morgan fingerprint density at radius 1 is 1.12 bits per heavy atom. The molecule has 1 aliphatic rings.